The first kappa shape index (κ1) is 12.9. The van der Waals surface area contributed by atoms with E-state index in [0.29, 0.717) is 0 Å². The number of hydrogen-bond acceptors (Lipinski definition) is 2. The molecule has 0 fully saturated rings. The molecule has 0 bridgehead atoms. The molecule has 2 aromatic rings. The minimum Gasteiger partial charge on any atom is -0.467 e. The fourth-order valence-electron chi connectivity index (χ4n) is 2.21. The Balaban J connectivity index is 2.25. The van der Waals surface area contributed by atoms with Crippen LogP contribution in [0.3, 0.4) is 0 Å². The van der Waals surface area contributed by atoms with E-state index in [1.807, 2.05) is 0 Å². The van der Waals surface area contributed by atoms with Crippen LogP contribution in [0, 0.1) is 13.8 Å². The molecule has 0 saturated heterocycles. The topological polar surface area (TPSA) is 25.2 Å². The number of hydrogen-bond donors (Lipinski definition) is 1. The van der Waals surface area contributed by atoms with Crippen molar-refractivity contribution in [3.63, 3.8) is 0 Å². The van der Waals surface area contributed by atoms with E-state index in [1.165, 1.54) is 22.3 Å². The second kappa shape index (κ2) is 5.87. The number of rotatable bonds is 5. The maximum atomic E-state index is 5.59. The molecule has 2 nitrogen and oxygen atoms in total. The Bertz CT molecular complexity index is 514. The molecule has 2 rings (SSSR count). The summed E-state index contributed by atoms with van der Waals surface area (Å²) in [6, 6.07) is 8.60. The maximum absolute atomic E-state index is 5.59. The molecule has 1 aromatic carbocycles. The van der Waals surface area contributed by atoms with Crippen molar-refractivity contribution in [1.29, 1.82) is 0 Å². The average Bonchev–Trinajstić information content (AvgIpc) is 2.78. The predicted molar refractivity (Wildman–Crippen MR) is 75.6 cm³/mol. The monoisotopic (exact) mass is 243 g/mol. The van der Waals surface area contributed by atoms with E-state index in [2.05, 4.69) is 50.4 Å². The summed E-state index contributed by atoms with van der Waals surface area (Å²) < 4.78 is 5.59. The van der Waals surface area contributed by atoms with Gasteiger partial charge in [0.05, 0.1) is 12.8 Å². The second-order valence-electron chi connectivity index (χ2n) is 4.75. The van der Waals surface area contributed by atoms with Crippen LogP contribution in [-0.4, -0.2) is 6.54 Å². The minimum absolute atomic E-state index is 0.795. The largest absolute Gasteiger partial charge is 0.467 e. The molecule has 0 atom stereocenters. The summed E-state index contributed by atoms with van der Waals surface area (Å²) in [6.45, 7) is 8.26. The Morgan fingerprint density at radius 2 is 1.94 bits per heavy atom. The maximum Gasteiger partial charge on any atom is 0.125 e. The van der Waals surface area contributed by atoms with Crippen LogP contribution in [0.25, 0.3) is 11.1 Å². The third-order valence-electron chi connectivity index (χ3n) is 3.13. The van der Waals surface area contributed by atoms with Gasteiger partial charge < -0.3 is 9.73 Å². The Kier molecular flexibility index (Phi) is 4.21. The Morgan fingerprint density at radius 3 is 2.67 bits per heavy atom. The zero-order chi connectivity index (χ0) is 13.0. The smallest absolute Gasteiger partial charge is 0.125 e. The second-order valence-corrected chi connectivity index (χ2v) is 4.75. The molecule has 0 aliphatic carbocycles. The zero-order valence-electron chi connectivity index (χ0n) is 11.4. The molecule has 0 amide bonds. The summed E-state index contributed by atoms with van der Waals surface area (Å²) in [5, 5.41) is 3.38. The molecule has 0 spiro atoms. The van der Waals surface area contributed by atoms with E-state index >= 15 is 0 Å². The quantitative estimate of drug-likeness (QED) is 0.801. The van der Waals surface area contributed by atoms with Gasteiger partial charge in [0.15, 0.2) is 0 Å². The van der Waals surface area contributed by atoms with Gasteiger partial charge in [-0.1, -0.05) is 30.7 Å². The van der Waals surface area contributed by atoms with E-state index in [-0.39, 0.29) is 0 Å². The predicted octanol–water partition coefficient (Wildman–Crippen LogP) is 4.06. The zero-order valence-corrected chi connectivity index (χ0v) is 11.4. The fraction of sp³-hybridized carbons (Fsp3) is 0.375. The summed E-state index contributed by atoms with van der Waals surface area (Å²) in [6.07, 6.45) is 2.91. The SMILES string of the molecule is CCCNCc1occc1-c1ccc(C)cc1C. The van der Waals surface area contributed by atoms with Gasteiger partial charge in [-0.15, -0.1) is 0 Å². The Morgan fingerprint density at radius 1 is 1.11 bits per heavy atom. The van der Waals surface area contributed by atoms with Crippen LogP contribution < -0.4 is 5.32 Å². The van der Waals surface area contributed by atoms with E-state index in [9.17, 15) is 0 Å². The van der Waals surface area contributed by atoms with Gasteiger partial charge in [0, 0.05) is 5.56 Å². The van der Waals surface area contributed by atoms with E-state index in [0.717, 1.165) is 25.3 Å². The lowest BCUT2D eigenvalue weighted by Gasteiger charge is -2.08. The summed E-state index contributed by atoms with van der Waals surface area (Å²) in [5.41, 5.74) is 5.07. The lowest BCUT2D eigenvalue weighted by molar-refractivity contribution is 0.484. The molecule has 0 radical (unpaired) electrons. The van der Waals surface area contributed by atoms with Gasteiger partial charge >= 0.3 is 0 Å². The van der Waals surface area contributed by atoms with Crippen LogP contribution >= 0.6 is 0 Å². The van der Waals surface area contributed by atoms with Crippen molar-refractivity contribution in [2.75, 3.05) is 6.54 Å². The number of furan rings is 1. The normalized spacial score (nSPS) is 10.8. The van der Waals surface area contributed by atoms with Crippen LogP contribution in [0.2, 0.25) is 0 Å². The van der Waals surface area contributed by atoms with Crippen LogP contribution in [0.4, 0.5) is 0 Å². The van der Waals surface area contributed by atoms with Gasteiger partial charge in [0.25, 0.3) is 0 Å². The van der Waals surface area contributed by atoms with Crippen molar-refractivity contribution >= 4 is 0 Å². The van der Waals surface area contributed by atoms with E-state index < -0.39 is 0 Å². The van der Waals surface area contributed by atoms with Gasteiger partial charge in [0.1, 0.15) is 5.76 Å². The highest BCUT2D eigenvalue weighted by molar-refractivity contribution is 5.69. The molecule has 0 aliphatic heterocycles. The van der Waals surface area contributed by atoms with Crippen molar-refractivity contribution < 1.29 is 4.42 Å². The standard InChI is InChI=1S/C16H21NO/c1-4-8-17-11-16-15(7-9-18-16)14-6-5-12(2)10-13(14)3/h5-7,9-10,17H,4,8,11H2,1-3H3. The van der Waals surface area contributed by atoms with E-state index in [1.54, 1.807) is 6.26 Å². The number of benzene rings is 1. The molecule has 1 N–H and O–H groups in total. The molecule has 1 aromatic heterocycles. The molecule has 18 heavy (non-hydrogen) atoms. The van der Waals surface area contributed by atoms with Crippen LogP contribution in [0.1, 0.15) is 30.2 Å². The van der Waals surface area contributed by atoms with Gasteiger partial charge in [-0.3, -0.25) is 0 Å². The Hall–Kier alpha value is -1.54. The minimum atomic E-state index is 0.795. The van der Waals surface area contributed by atoms with Gasteiger partial charge in [-0.25, -0.2) is 0 Å². The third-order valence-corrected chi connectivity index (χ3v) is 3.13. The summed E-state index contributed by atoms with van der Waals surface area (Å²) >= 11 is 0. The third kappa shape index (κ3) is 2.82. The van der Waals surface area contributed by atoms with E-state index in [4.69, 9.17) is 4.42 Å². The first-order chi connectivity index (χ1) is 8.72. The molecular weight excluding hydrogens is 222 g/mol. The highest BCUT2D eigenvalue weighted by Gasteiger charge is 2.10. The van der Waals surface area contributed by atoms with Crippen molar-refractivity contribution in [2.45, 2.75) is 33.7 Å². The molecule has 0 unspecified atom stereocenters. The summed E-state index contributed by atoms with van der Waals surface area (Å²) in [5.74, 6) is 1.02. The highest BCUT2D eigenvalue weighted by atomic mass is 16.3. The molecule has 96 valence electrons. The van der Waals surface area contributed by atoms with Crippen LogP contribution in [0.15, 0.2) is 34.9 Å². The molecule has 1 heterocycles. The highest BCUT2D eigenvalue weighted by Crippen LogP contribution is 2.28. The molecular formula is C16H21NO. The van der Waals surface area contributed by atoms with Gasteiger partial charge in [0.2, 0.25) is 0 Å². The lowest BCUT2D eigenvalue weighted by atomic mass is 9.99. The van der Waals surface area contributed by atoms with Gasteiger partial charge in [-0.2, -0.15) is 0 Å². The number of nitrogens with one attached hydrogen (secondary N) is 1. The van der Waals surface area contributed by atoms with Crippen molar-refractivity contribution in [2.24, 2.45) is 0 Å². The molecule has 0 saturated carbocycles. The van der Waals surface area contributed by atoms with Crippen molar-refractivity contribution in [3.05, 3.63) is 47.4 Å². The molecule has 2 heteroatoms. The average molecular weight is 243 g/mol. The molecule has 0 aliphatic rings. The first-order valence-corrected chi connectivity index (χ1v) is 6.57. The number of aryl methyl sites for hydroxylation is 2. The first-order valence-electron chi connectivity index (χ1n) is 6.57. The van der Waals surface area contributed by atoms with Crippen LogP contribution in [-0.2, 0) is 6.54 Å². The van der Waals surface area contributed by atoms with Crippen molar-refractivity contribution in [3.8, 4) is 11.1 Å². The fourth-order valence-corrected chi connectivity index (χ4v) is 2.21. The van der Waals surface area contributed by atoms with Crippen molar-refractivity contribution in [1.82, 2.24) is 5.32 Å². The summed E-state index contributed by atoms with van der Waals surface area (Å²) in [7, 11) is 0. The van der Waals surface area contributed by atoms with Gasteiger partial charge in [-0.05, 0) is 44.0 Å². The Labute approximate surface area is 109 Å². The van der Waals surface area contributed by atoms with Crippen LogP contribution in [0.5, 0.6) is 0 Å². The summed E-state index contributed by atoms with van der Waals surface area (Å²) in [4.78, 5) is 0. The lowest BCUT2D eigenvalue weighted by Crippen LogP contribution is -2.13.